The van der Waals surface area contributed by atoms with Gasteiger partial charge in [-0.25, -0.2) is 67.3 Å². The van der Waals surface area contributed by atoms with Crippen molar-refractivity contribution in [2.45, 2.75) is 44.1 Å². The van der Waals surface area contributed by atoms with Crippen LogP contribution in [0.2, 0.25) is 0 Å². The van der Waals surface area contributed by atoms with Crippen LogP contribution in [0.1, 0.15) is 0 Å². The zero-order valence-corrected chi connectivity index (χ0v) is 75.8. The second kappa shape index (κ2) is 52.3. The Labute approximate surface area is 799 Å². The molecule has 0 amide bonds. The first-order valence-electron chi connectivity index (χ1n) is 32.1. The molecule has 0 unspecified atom stereocenters. The molecule has 70 heteroatoms. The van der Waals surface area contributed by atoms with E-state index in [1.807, 2.05) is 170 Å². The molecular formula is C64H42Ag4F24N18O16S8. The molecule has 0 aliphatic heterocycles. The minimum absolute atomic E-state index is 0. The number of benzene rings is 7. The molecule has 0 atom stereocenters. The van der Waals surface area contributed by atoms with Crippen LogP contribution in [0.3, 0.4) is 0 Å². The van der Waals surface area contributed by atoms with E-state index in [0.717, 1.165) is 91.9 Å². The van der Waals surface area contributed by atoms with E-state index in [4.69, 9.17) is 0 Å². The van der Waals surface area contributed by atoms with E-state index < -0.39 is 124 Å². The standard InChI is InChI=1S/7C8H6N2.4C2F6NO4S2.4Ag/c7*1-2-4-8-6-10-9-5-7(8)3-1;4*3-1(4,5)14(10,11)9-15(12,13)2(6,7)8;;;;/h7*1-6H;;;;;;;;/q;;;;;;;4*-1;4*+1. The van der Waals surface area contributed by atoms with Crippen LogP contribution in [0.15, 0.2) is 257 Å². The predicted octanol–water partition coefficient (Wildman–Crippen LogP) is 15.6. The van der Waals surface area contributed by atoms with Gasteiger partial charge in [0.2, 0.25) is 0 Å². The number of nitrogens with zero attached hydrogens (tertiary/aromatic N) is 18. The number of aromatic nitrogens is 14. The Morgan fingerprint density at radius 2 is 0.201 bits per heavy atom. The van der Waals surface area contributed by atoms with E-state index in [2.05, 4.69) is 71.4 Å². The summed E-state index contributed by atoms with van der Waals surface area (Å²) in [6.07, 6.45) is 24.6. The quantitative estimate of drug-likeness (QED) is 0.101. The summed E-state index contributed by atoms with van der Waals surface area (Å²) >= 11 is 0. The molecule has 0 saturated carbocycles. The average molecular weight is 2460 g/mol. The molecule has 744 valence electrons. The summed E-state index contributed by atoms with van der Waals surface area (Å²) in [4.78, 5) is 0. The van der Waals surface area contributed by atoms with E-state index in [0.29, 0.717) is 0 Å². The van der Waals surface area contributed by atoms with Crippen molar-refractivity contribution in [1.29, 1.82) is 0 Å². The molecule has 134 heavy (non-hydrogen) atoms. The van der Waals surface area contributed by atoms with Crippen LogP contribution in [0.25, 0.3) is 91.9 Å². The van der Waals surface area contributed by atoms with Gasteiger partial charge in [-0.3, -0.25) is 0 Å². The maximum Gasteiger partial charge on any atom is 1.00 e. The van der Waals surface area contributed by atoms with Crippen molar-refractivity contribution in [3.8, 4) is 0 Å². The summed E-state index contributed by atoms with van der Waals surface area (Å²) in [5.41, 5.74) is -49.6. The van der Waals surface area contributed by atoms with E-state index in [1.54, 1.807) is 86.8 Å². The number of halogens is 24. The van der Waals surface area contributed by atoms with Crippen LogP contribution in [-0.2, 0) is 170 Å². The third-order valence-corrected chi connectivity index (χ3v) is 24.3. The molecule has 7 aromatic heterocycles. The van der Waals surface area contributed by atoms with Crippen LogP contribution >= 0.6 is 0 Å². The third-order valence-electron chi connectivity index (χ3n) is 13.3. The third kappa shape index (κ3) is 40.1. The van der Waals surface area contributed by atoms with Crippen molar-refractivity contribution in [2.24, 2.45) is 0 Å². The van der Waals surface area contributed by atoms with Crippen LogP contribution in [-0.4, -0.2) is 183 Å². The molecule has 7 heterocycles. The van der Waals surface area contributed by atoms with Crippen LogP contribution < -0.4 is 0 Å². The van der Waals surface area contributed by atoms with Gasteiger partial charge in [0.15, 0.2) is 80.2 Å². The van der Waals surface area contributed by atoms with Crippen molar-refractivity contribution in [2.75, 3.05) is 0 Å². The summed E-state index contributed by atoms with van der Waals surface area (Å²) < 4.78 is 437. The molecule has 0 aliphatic rings. The van der Waals surface area contributed by atoms with Gasteiger partial charge in [-0.1, -0.05) is 170 Å². The number of alkyl halides is 24. The fraction of sp³-hybridized carbons (Fsp3) is 0.125. The summed E-state index contributed by atoms with van der Waals surface area (Å²) in [6, 6.07) is 56.1. The Balaban J connectivity index is 0.00000145. The predicted molar refractivity (Wildman–Crippen MR) is 410 cm³/mol. The Bertz CT molecular complexity index is 5460. The zero-order chi connectivity index (χ0) is 98.5. The maximum atomic E-state index is 11.4. The van der Waals surface area contributed by atoms with Crippen LogP contribution in [0, 0.1) is 0 Å². The second-order valence-electron chi connectivity index (χ2n) is 22.5. The van der Waals surface area contributed by atoms with Crippen molar-refractivity contribution >= 4 is 156 Å². The number of rotatable bonds is 8. The fourth-order valence-electron chi connectivity index (χ4n) is 7.41. The number of hydrogen-bond donors (Lipinski definition) is 0. The van der Waals surface area contributed by atoms with E-state index in [-0.39, 0.29) is 89.5 Å². The van der Waals surface area contributed by atoms with Crippen molar-refractivity contribution in [3.05, 3.63) is 273 Å². The second-order valence-corrected chi connectivity index (χ2v) is 36.2. The van der Waals surface area contributed by atoms with Gasteiger partial charge in [-0.2, -0.15) is 177 Å². The summed E-state index contributed by atoms with van der Waals surface area (Å²) in [5, 5.41) is 68.6. The van der Waals surface area contributed by atoms with Gasteiger partial charge in [0, 0.05) is 75.4 Å². The molecule has 14 aromatic rings. The molecule has 0 saturated heterocycles. The van der Waals surface area contributed by atoms with Gasteiger partial charge in [-0.15, -0.1) is 0 Å². The summed E-state index contributed by atoms with van der Waals surface area (Å²) in [5.74, 6) is 0. The molecule has 0 fully saturated rings. The van der Waals surface area contributed by atoms with Gasteiger partial charge >= 0.3 is 134 Å². The first-order valence-corrected chi connectivity index (χ1v) is 43.7. The van der Waals surface area contributed by atoms with Gasteiger partial charge in [0.25, 0.3) is 0 Å². The Hall–Kier alpha value is -9.36. The van der Waals surface area contributed by atoms with Gasteiger partial charge in [0.1, 0.15) is 0 Å². The summed E-state index contributed by atoms with van der Waals surface area (Å²) in [7, 11) is -53.8. The molecule has 0 N–H and O–H groups in total. The zero-order valence-electron chi connectivity index (χ0n) is 63.4. The van der Waals surface area contributed by atoms with Crippen LogP contribution in [0.4, 0.5) is 105 Å². The topological polar surface area (TPSA) is 510 Å². The normalized spacial score (nSPS) is 12.1. The van der Waals surface area contributed by atoms with Crippen molar-refractivity contribution < 1.29 is 262 Å². The number of fused-ring (bicyclic) bond motifs is 7. The number of sulfonamides is 8. The minimum Gasteiger partial charge on any atom is -0.421 e. The number of hydrogen-bond acceptors (Lipinski definition) is 30. The summed E-state index contributed by atoms with van der Waals surface area (Å²) in [6.45, 7) is 0. The maximum absolute atomic E-state index is 11.4. The monoisotopic (exact) mass is 2460 g/mol. The average Bonchev–Trinajstić information content (AvgIpc) is 0.798. The molecule has 0 aliphatic carbocycles. The van der Waals surface area contributed by atoms with Gasteiger partial charge < -0.3 is 16.5 Å². The largest absolute Gasteiger partial charge is 1.00 e. The molecule has 34 nitrogen and oxygen atoms in total. The minimum atomic E-state index is -6.72. The SMILES string of the molecule is O=S(=O)([N-]S(=O)(=O)C(F)(F)F)C(F)(F)F.O=S(=O)([N-]S(=O)(=O)C(F)(F)F)C(F)(F)F.O=S(=O)([N-]S(=O)(=O)C(F)(F)F)C(F)(F)F.O=S(=O)([N-]S(=O)(=O)C(F)(F)F)C(F)(F)F.[Ag+].[Ag+].[Ag+].[Ag+].c1ccc2cnncc2c1.c1ccc2cnncc2c1.c1ccc2cnncc2c1.c1ccc2cnncc2c1.c1ccc2cnncc2c1.c1ccc2cnncc2c1.c1ccc2cnncc2c1. The van der Waals surface area contributed by atoms with E-state index in [1.165, 1.54) is 0 Å². The fourth-order valence-corrected chi connectivity index (χ4v) is 14.3. The first-order chi connectivity index (χ1) is 59.6. The molecule has 14 rings (SSSR count). The van der Waals surface area contributed by atoms with Crippen LogP contribution in [0.5, 0.6) is 0 Å². The van der Waals surface area contributed by atoms with E-state index >= 15 is 0 Å². The van der Waals surface area contributed by atoms with E-state index in [9.17, 15) is 173 Å². The van der Waals surface area contributed by atoms with Gasteiger partial charge in [0.05, 0.1) is 86.8 Å². The molecule has 0 spiro atoms. The first kappa shape index (κ1) is 125. The molecule has 0 bridgehead atoms. The Kier molecular flexibility index (Phi) is 48.6. The van der Waals surface area contributed by atoms with Gasteiger partial charge in [-0.05, 0) is 0 Å². The Morgan fingerprint density at radius 1 is 0.142 bits per heavy atom. The van der Waals surface area contributed by atoms with Crippen molar-refractivity contribution in [1.82, 2.24) is 71.4 Å². The van der Waals surface area contributed by atoms with Crippen molar-refractivity contribution in [3.63, 3.8) is 0 Å². The molecule has 7 aromatic carbocycles. The Morgan fingerprint density at radius 3 is 0.254 bits per heavy atom. The smallest absolute Gasteiger partial charge is 0.421 e. The molecule has 0 radical (unpaired) electrons. The molecular weight excluding hydrogens is 2420 g/mol.